The van der Waals surface area contributed by atoms with E-state index in [-0.39, 0.29) is 0 Å². The van der Waals surface area contributed by atoms with E-state index in [1.54, 1.807) is 18.2 Å². The summed E-state index contributed by atoms with van der Waals surface area (Å²) in [6.45, 7) is 9.78. The molecule has 0 N–H and O–H groups in total. The van der Waals surface area contributed by atoms with Crippen molar-refractivity contribution in [1.82, 2.24) is 0 Å². The van der Waals surface area contributed by atoms with Crippen LogP contribution in [0.2, 0.25) is 0 Å². The average molecular weight is 151 g/mol. The lowest BCUT2D eigenvalue weighted by Crippen LogP contribution is -1.84. The van der Waals surface area contributed by atoms with Crippen LogP contribution in [0.1, 0.15) is 6.92 Å². The highest BCUT2D eigenvalue weighted by molar-refractivity contribution is 5.49. The third-order valence-corrected chi connectivity index (χ3v) is 0.879. The summed E-state index contributed by atoms with van der Waals surface area (Å²) in [6, 6.07) is 0. The number of ether oxygens (including phenoxy) is 1. The van der Waals surface area contributed by atoms with E-state index in [1.807, 2.05) is 6.92 Å². The third-order valence-electron chi connectivity index (χ3n) is 0.879. The number of allylic oxidation sites excluding steroid dienone is 3. The van der Waals surface area contributed by atoms with E-state index in [4.69, 9.17) is 4.74 Å². The Hall–Kier alpha value is -1.31. The lowest BCUT2D eigenvalue weighted by atomic mass is 10.4. The monoisotopic (exact) mass is 151 g/mol. The van der Waals surface area contributed by atoms with Crippen molar-refractivity contribution in [2.75, 3.05) is 6.54 Å². The summed E-state index contributed by atoms with van der Waals surface area (Å²) in [5, 5.41) is 0. The number of aliphatic imine (C=N–C) groups is 1. The van der Waals surface area contributed by atoms with Crippen LogP contribution in [-0.2, 0) is 4.74 Å². The van der Waals surface area contributed by atoms with Crippen molar-refractivity contribution in [3.63, 3.8) is 0 Å². The summed E-state index contributed by atoms with van der Waals surface area (Å²) >= 11 is 0. The van der Waals surface area contributed by atoms with E-state index < -0.39 is 0 Å². The summed E-state index contributed by atoms with van der Waals surface area (Å²) in [4.78, 5) is 3.85. The minimum Gasteiger partial charge on any atom is -0.447 e. The number of rotatable bonds is 5. The van der Waals surface area contributed by atoms with E-state index in [1.165, 1.54) is 6.40 Å². The van der Waals surface area contributed by atoms with Crippen molar-refractivity contribution in [3.05, 3.63) is 37.1 Å². The molecule has 0 bridgehead atoms. The molecule has 0 aliphatic rings. The fourth-order valence-corrected chi connectivity index (χ4v) is 0.394. The fraction of sp³-hybridized carbons (Fsp3) is 0.222. The first-order chi connectivity index (χ1) is 5.31. The van der Waals surface area contributed by atoms with Gasteiger partial charge in [0.1, 0.15) is 5.76 Å². The van der Waals surface area contributed by atoms with Gasteiger partial charge in [-0.1, -0.05) is 25.3 Å². The molecule has 0 fully saturated rings. The van der Waals surface area contributed by atoms with Crippen LogP contribution < -0.4 is 0 Å². The van der Waals surface area contributed by atoms with Crippen molar-refractivity contribution < 1.29 is 4.74 Å². The molecule has 0 aliphatic heterocycles. The largest absolute Gasteiger partial charge is 0.447 e. The Labute approximate surface area is 67.6 Å². The van der Waals surface area contributed by atoms with Crippen LogP contribution in [0.25, 0.3) is 0 Å². The van der Waals surface area contributed by atoms with Crippen LogP contribution in [0, 0.1) is 0 Å². The molecule has 0 amide bonds. The summed E-state index contributed by atoms with van der Waals surface area (Å²) < 4.78 is 4.96. The smallest absolute Gasteiger partial charge is 0.176 e. The molecule has 0 aromatic rings. The fourth-order valence-electron chi connectivity index (χ4n) is 0.394. The van der Waals surface area contributed by atoms with Crippen molar-refractivity contribution in [1.29, 1.82) is 0 Å². The van der Waals surface area contributed by atoms with Gasteiger partial charge in [0.25, 0.3) is 0 Å². The topological polar surface area (TPSA) is 21.6 Å². The lowest BCUT2D eigenvalue weighted by Gasteiger charge is -1.94. The molecule has 0 heterocycles. The maximum Gasteiger partial charge on any atom is 0.176 e. The maximum atomic E-state index is 4.96. The lowest BCUT2D eigenvalue weighted by molar-refractivity contribution is 0.455. The zero-order valence-electron chi connectivity index (χ0n) is 6.79. The quantitative estimate of drug-likeness (QED) is 0.256. The summed E-state index contributed by atoms with van der Waals surface area (Å²) in [5.41, 5.74) is 0. The molecule has 0 saturated carbocycles. The summed E-state index contributed by atoms with van der Waals surface area (Å²) in [7, 11) is 0. The van der Waals surface area contributed by atoms with Gasteiger partial charge in [-0.25, -0.2) is 0 Å². The van der Waals surface area contributed by atoms with Gasteiger partial charge >= 0.3 is 0 Å². The molecule has 0 atom stereocenters. The first-order valence-electron chi connectivity index (χ1n) is 3.44. The van der Waals surface area contributed by atoms with Gasteiger partial charge in [0.15, 0.2) is 6.40 Å². The SMILES string of the molecule is C=C/C=C\C(=C)O/C=N\CC. The van der Waals surface area contributed by atoms with E-state index in [0.717, 1.165) is 6.54 Å². The van der Waals surface area contributed by atoms with E-state index in [2.05, 4.69) is 18.2 Å². The zero-order valence-corrected chi connectivity index (χ0v) is 6.79. The van der Waals surface area contributed by atoms with Gasteiger partial charge in [0, 0.05) is 6.54 Å². The molecular weight excluding hydrogens is 138 g/mol. The Morgan fingerprint density at radius 2 is 2.36 bits per heavy atom. The molecule has 0 aliphatic carbocycles. The predicted octanol–water partition coefficient (Wildman–Crippen LogP) is 2.31. The highest BCUT2D eigenvalue weighted by atomic mass is 16.5. The van der Waals surface area contributed by atoms with Gasteiger partial charge in [0.05, 0.1) is 0 Å². The molecule has 0 radical (unpaired) electrons. The van der Waals surface area contributed by atoms with Crippen LogP contribution in [0.5, 0.6) is 0 Å². The number of hydrogen-bond acceptors (Lipinski definition) is 2. The molecule has 0 unspecified atom stereocenters. The molecule has 0 spiro atoms. The van der Waals surface area contributed by atoms with Gasteiger partial charge in [-0.15, -0.1) is 0 Å². The second-order valence-corrected chi connectivity index (χ2v) is 1.78. The molecular formula is C9H13NO. The standard InChI is InChI=1S/C9H13NO/c1-4-6-7-9(3)11-8-10-5-2/h4,6-8H,1,3,5H2,2H3/b7-6-,10-8-. The second kappa shape index (κ2) is 6.81. The van der Waals surface area contributed by atoms with Crippen LogP contribution in [0.4, 0.5) is 0 Å². The molecule has 2 heteroatoms. The Balaban J connectivity index is 3.61. The van der Waals surface area contributed by atoms with Crippen LogP contribution in [0.15, 0.2) is 42.1 Å². The van der Waals surface area contributed by atoms with Crippen LogP contribution in [0.3, 0.4) is 0 Å². The molecule has 60 valence electrons. The van der Waals surface area contributed by atoms with Crippen molar-refractivity contribution in [3.8, 4) is 0 Å². The average Bonchev–Trinajstić information content (AvgIpc) is 2.01. The first-order valence-corrected chi connectivity index (χ1v) is 3.44. The van der Waals surface area contributed by atoms with Gasteiger partial charge in [-0.3, -0.25) is 4.99 Å². The van der Waals surface area contributed by atoms with Gasteiger partial charge in [-0.2, -0.15) is 0 Å². The van der Waals surface area contributed by atoms with Gasteiger partial charge in [0.2, 0.25) is 0 Å². The Bertz CT molecular complexity index is 180. The number of nitrogens with zero attached hydrogens (tertiary/aromatic N) is 1. The van der Waals surface area contributed by atoms with Crippen LogP contribution >= 0.6 is 0 Å². The van der Waals surface area contributed by atoms with E-state index >= 15 is 0 Å². The van der Waals surface area contributed by atoms with Gasteiger partial charge in [-0.05, 0) is 13.0 Å². The highest BCUT2D eigenvalue weighted by Gasteiger charge is 1.80. The van der Waals surface area contributed by atoms with Crippen molar-refractivity contribution in [2.45, 2.75) is 6.92 Å². The minimum absolute atomic E-state index is 0.558. The van der Waals surface area contributed by atoms with E-state index in [0.29, 0.717) is 5.76 Å². The normalized spacial score (nSPS) is 10.6. The number of hydrogen-bond donors (Lipinski definition) is 0. The Morgan fingerprint density at radius 1 is 1.64 bits per heavy atom. The maximum absolute atomic E-state index is 4.96. The second-order valence-electron chi connectivity index (χ2n) is 1.78. The minimum atomic E-state index is 0.558. The summed E-state index contributed by atoms with van der Waals surface area (Å²) in [6.07, 6.45) is 6.51. The predicted molar refractivity (Wildman–Crippen MR) is 48.6 cm³/mol. The molecule has 0 aromatic carbocycles. The van der Waals surface area contributed by atoms with Crippen molar-refractivity contribution in [2.24, 2.45) is 4.99 Å². The third kappa shape index (κ3) is 6.58. The van der Waals surface area contributed by atoms with E-state index in [9.17, 15) is 0 Å². The first kappa shape index (κ1) is 9.69. The molecule has 0 saturated heterocycles. The Kier molecular flexibility index (Phi) is 5.99. The Morgan fingerprint density at radius 3 is 2.91 bits per heavy atom. The molecule has 2 nitrogen and oxygen atoms in total. The molecule has 0 rings (SSSR count). The summed E-state index contributed by atoms with van der Waals surface area (Å²) in [5.74, 6) is 0.558. The highest BCUT2D eigenvalue weighted by Crippen LogP contribution is 1.92. The molecule has 0 aromatic heterocycles. The van der Waals surface area contributed by atoms with Crippen LogP contribution in [-0.4, -0.2) is 12.9 Å². The van der Waals surface area contributed by atoms with Gasteiger partial charge < -0.3 is 4.74 Å². The molecule has 11 heavy (non-hydrogen) atoms. The zero-order chi connectivity index (χ0) is 8.53. The van der Waals surface area contributed by atoms with Crippen molar-refractivity contribution >= 4 is 6.40 Å².